The molecule has 1 aliphatic rings. The molecule has 0 atom stereocenters. The van der Waals surface area contributed by atoms with Crippen molar-refractivity contribution in [1.82, 2.24) is 0 Å². The number of benzene rings is 2. The largest absolute Gasteiger partial charge is 0.490 e. The lowest BCUT2D eigenvalue weighted by Gasteiger charge is -2.07. The zero-order chi connectivity index (χ0) is 14.8. The zero-order valence-corrected chi connectivity index (χ0v) is 11.3. The lowest BCUT2D eigenvalue weighted by molar-refractivity contribution is 0.0991. The van der Waals surface area contributed by atoms with Crippen molar-refractivity contribution in [2.75, 3.05) is 0 Å². The van der Waals surface area contributed by atoms with Crippen LogP contribution in [0.1, 0.15) is 28.8 Å². The molecule has 3 rings (SSSR count). The number of hydrogen-bond donors (Lipinski definition) is 0. The van der Waals surface area contributed by atoms with E-state index in [-0.39, 0.29) is 23.9 Å². The highest BCUT2D eigenvalue weighted by Crippen LogP contribution is 2.27. The smallest absolute Gasteiger partial charge is 0.167 e. The molecule has 0 spiro atoms. The van der Waals surface area contributed by atoms with Crippen molar-refractivity contribution in [3.05, 3.63) is 65.2 Å². The van der Waals surface area contributed by atoms with Gasteiger partial charge in [0.1, 0.15) is 5.75 Å². The summed E-state index contributed by atoms with van der Waals surface area (Å²) in [7, 11) is 0. The Labute approximate surface area is 121 Å². The van der Waals surface area contributed by atoms with E-state index in [0.717, 1.165) is 18.9 Å². The van der Waals surface area contributed by atoms with E-state index in [9.17, 15) is 13.6 Å². The third-order valence-electron chi connectivity index (χ3n) is 3.37. The fourth-order valence-electron chi connectivity index (χ4n) is 2.08. The molecule has 2 aromatic carbocycles. The Hall–Kier alpha value is -2.23. The number of ketones is 1. The molecule has 0 N–H and O–H groups in total. The van der Waals surface area contributed by atoms with Crippen LogP contribution in [-0.4, -0.2) is 11.9 Å². The topological polar surface area (TPSA) is 26.3 Å². The molecule has 0 aliphatic heterocycles. The number of hydrogen-bond acceptors (Lipinski definition) is 2. The van der Waals surface area contributed by atoms with E-state index in [1.807, 2.05) is 0 Å². The van der Waals surface area contributed by atoms with Crippen LogP contribution in [0, 0.1) is 11.6 Å². The maximum absolute atomic E-state index is 13.6. The lowest BCUT2D eigenvalue weighted by Crippen LogP contribution is -2.07. The van der Waals surface area contributed by atoms with Gasteiger partial charge in [0.05, 0.1) is 6.10 Å². The molecule has 108 valence electrons. The number of carbonyl (C=O) groups is 1. The summed E-state index contributed by atoms with van der Waals surface area (Å²) in [6.07, 6.45) is 2.14. The fraction of sp³-hybridized carbons (Fsp3) is 0.235. The van der Waals surface area contributed by atoms with E-state index >= 15 is 0 Å². The molecule has 1 fully saturated rings. The zero-order valence-electron chi connectivity index (χ0n) is 11.3. The first-order valence-corrected chi connectivity index (χ1v) is 6.86. The van der Waals surface area contributed by atoms with Crippen LogP contribution in [-0.2, 0) is 6.42 Å². The molecule has 0 radical (unpaired) electrons. The van der Waals surface area contributed by atoms with E-state index in [1.165, 1.54) is 12.1 Å². The van der Waals surface area contributed by atoms with Crippen molar-refractivity contribution in [1.29, 1.82) is 0 Å². The SMILES string of the molecule is O=C(Cc1cccc(F)c1F)c1cccc(OC2CC2)c1. The minimum atomic E-state index is -0.962. The van der Waals surface area contributed by atoms with Gasteiger partial charge in [-0.2, -0.15) is 0 Å². The second-order valence-corrected chi connectivity index (χ2v) is 5.16. The summed E-state index contributed by atoms with van der Waals surface area (Å²) in [4.78, 5) is 12.2. The molecule has 21 heavy (non-hydrogen) atoms. The van der Waals surface area contributed by atoms with E-state index < -0.39 is 11.6 Å². The third-order valence-corrected chi connectivity index (χ3v) is 3.37. The van der Waals surface area contributed by atoms with Crippen molar-refractivity contribution in [3.8, 4) is 5.75 Å². The second kappa shape index (κ2) is 5.64. The summed E-state index contributed by atoms with van der Waals surface area (Å²) >= 11 is 0. The summed E-state index contributed by atoms with van der Waals surface area (Å²) in [6.45, 7) is 0. The highest BCUT2D eigenvalue weighted by Gasteiger charge is 2.23. The van der Waals surface area contributed by atoms with Crippen molar-refractivity contribution in [2.24, 2.45) is 0 Å². The number of halogens is 2. The molecule has 0 heterocycles. The maximum Gasteiger partial charge on any atom is 0.167 e. The summed E-state index contributed by atoms with van der Waals surface area (Å²) in [5.41, 5.74) is 0.505. The fourth-order valence-corrected chi connectivity index (χ4v) is 2.08. The van der Waals surface area contributed by atoms with Crippen molar-refractivity contribution in [2.45, 2.75) is 25.4 Å². The molecule has 0 saturated heterocycles. The molecular formula is C17H14F2O2. The Kier molecular flexibility index (Phi) is 3.69. The summed E-state index contributed by atoms with van der Waals surface area (Å²) in [6, 6.07) is 10.7. The molecule has 0 aromatic heterocycles. The Morgan fingerprint density at radius 2 is 1.90 bits per heavy atom. The van der Waals surface area contributed by atoms with Gasteiger partial charge < -0.3 is 4.74 Å². The highest BCUT2D eigenvalue weighted by molar-refractivity contribution is 5.97. The summed E-state index contributed by atoms with van der Waals surface area (Å²) < 4.78 is 32.3. The molecule has 0 bridgehead atoms. The van der Waals surface area contributed by atoms with Crippen LogP contribution in [0.2, 0.25) is 0 Å². The van der Waals surface area contributed by atoms with Gasteiger partial charge in [-0.25, -0.2) is 8.78 Å². The Bertz CT molecular complexity index is 678. The van der Waals surface area contributed by atoms with Gasteiger partial charge in [0.15, 0.2) is 17.4 Å². The second-order valence-electron chi connectivity index (χ2n) is 5.16. The van der Waals surface area contributed by atoms with Crippen LogP contribution in [0.3, 0.4) is 0 Å². The van der Waals surface area contributed by atoms with Crippen LogP contribution in [0.15, 0.2) is 42.5 Å². The molecule has 1 saturated carbocycles. The first kappa shape index (κ1) is 13.7. The molecule has 0 amide bonds. The predicted molar refractivity (Wildman–Crippen MR) is 74.5 cm³/mol. The summed E-state index contributed by atoms with van der Waals surface area (Å²) in [5.74, 6) is -1.52. The van der Waals surface area contributed by atoms with Crippen molar-refractivity contribution < 1.29 is 18.3 Å². The molecule has 2 nitrogen and oxygen atoms in total. The van der Waals surface area contributed by atoms with Crippen LogP contribution < -0.4 is 4.74 Å². The minimum absolute atomic E-state index is 0.0634. The van der Waals surface area contributed by atoms with E-state index in [1.54, 1.807) is 24.3 Å². The number of rotatable bonds is 5. The van der Waals surface area contributed by atoms with E-state index in [4.69, 9.17) is 4.74 Å². The number of ether oxygens (including phenoxy) is 1. The maximum atomic E-state index is 13.6. The van der Waals surface area contributed by atoms with Gasteiger partial charge in [-0.15, -0.1) is 0 Å². The van der Waals surface area contributed by atoms with Gasteiger partial charge in [0.25, 0.3) is 0 Å². The molecular weight excluding hydrogens is 274 g/mol. The minimum Gasteiger partial charge on any atom is -0.490 e. The normalized spacial score (nSPS) is 14.0. The highest BCUT2D eigenvalue weighted by atomic mass is 19.2. The number of Topliss-reactive ketones (excluding diaryl/α,β-unsaturated/α-hetero) is 1. The quantitative estimate of drug-likeness (QED) is 0.779. The molecule has 1 aliphatic carbocycles. The Morgan fingerprint density at radius 3 is 2.67 bits per heavy atom. The van der Waals surface area contributed by atoms with Gasteiger partial charge in [-0.05, 0) is 36.6 Å². The Morgan fingerprint density at radius 1 is 1.14 bits per heavy atom. The monoisotopic (exact) mass is 288 g/mol. The third kappa shape index (κ3) is 3.27. The van der Waals surface area contributed by atoms with Gasteiger partial charge in [-0.3, -0.25) is 4.79 Å². The van der Waals surface area contributed by atoms with Crippen LogP contribution >= 0.6 is 0 Å². The Balaban J connectivity index is 1.76. The summed E-state index contributed by atoms with van der Waals surface area (Å²) in [5, 5.41) is 0. The molecule has 4 heteroatoms. The molecule has 0 unspecified atom stereocenters. The average Bonchev–Trinajstić information content (AvgIpc) is 3.28. The van der Waals surface area contributed by atoms with Crippen molar-refractivity contribution in [3.63, 3.8) is 0 Å². The van der Waals surface area contributed by atoms with Crippen LogP contribution in [0.5, 0.6) is 5.75 Å². The average molecular weight is 288 g/mol. The number of carbonyl (C=O) groups excluding carboxylic acids is 1. The first-order valence-electron chi connectivity index (χ1n) is 6.86. The van der Waals surface area contributed by atoms with Crippen molar-refractivity contribution >= 4 is 5.78 Å². The van der Waals surface area contributed by atoms with Gasteiger partial charge in [0.2, 0.25) is 0 Å². The van der Waals surface area contributed by atoms with Gasteiger partial charge in [-0.1, -0.05) is 24.3 Å². The standard InChI is InChI=1S/C17H14F2O2/c18-15-6-2-4-12(17(15)19)10-16(20)11-3-1-5-14(9-11)21-13-7-8-13/h1-6,9,13H,7-8,10H2. The first-order chi connectivity index (χ1) is 10.1. The van der Waals surface area contributed by atoms with Gasteiger partial charge in [0, 0.05) is 12.0 Å². The van der Waals surface area contributed by atoms with E-state index in [0.29, 0.717) is 11.3 Å². The molecule has 2 aromatic rings. The van der Waals surface area contributed by atoms with E-state index in [2.05, 4.69) is 0 Å². The van der Waals surface area contributed by atoms with Crippen LogP contribution in [0.4, 0.5) is 8.78 Å². The predicted octanol–water partition coefficient (Wildman–Crippen LogP) is 3.93. The van der Waals surface area contributed by atoms with Crippen LogP contribution in [0.25, 0.3) is 0 Å². The lowest BCUT2D eigenvalue weighted by atomic mass is 10.0. The van der Waals surface area contributed by atoms with Gasteiger partial charge >= 0.3 is 0 Å².